The van der Waals surface area contributed by atoms with Crippen LogP contribution in [0.15, 0.2) is 76.5 Å². The lowest BCUT2D eigenvalue weighted by molar-refractivity contribution is -0.139. The van der Waals surface area contributed by atoms with E-state index in [1.165, 1.54) is 22.3 Å². The first-order valence-corrected chi connectivity index (χ1v) is 17.6. The van der Waals surface area contributed by atoms with Crippen molar-refractivity contribution in [2.75, 3.05) is 47.3 Å². The molecule has 0 spiro atoms. The van der Waals surface area contributed by atoms with Gasteiger partial charge in [-0.1, -0.05) is 43.7 Å². The van der Waals surface area contributed by atoms with Crippen LogP contribution in [0.25, 0.3) is 12.2 Å². The van der Waals surface area contributed by atoms with E-state index in [1.807, 2.05) is 12.1 Å². The molecule has 2 aliphatic carbocycles. The number of hydrogen-bond acceptors (Lipinski definition) is 8. The SMILES string of the molecule is CCC=Cc1cc(C=CC(=O)OCC2C3=C(CC(OC)C(OC)=C3)CC(C)N2CC2CC3CC4=C(C=C3CN2CC)OCO4)ccc1C. The Labute approximate surface area is 286 Å². The minimum absolute atomic E-state index is 0.0860. The highest BCUT2D eigenvalue weighted by Crippen LogP contribution is 2.42. The van der Waals surface area contributed by atoms with Crippen molar-refractivity contribution in [2.24, 2.45) is 5.92 Å². The van der Waals surface area contributed by atoms with Crippen LogP contribution >= 0.6 is 0 Å². The van der Waals surface area contributed by atoms with Crippen molar-refractivity contribution in [1.82, 2.24) is 9.80 Å². The van der Waals surface area contributed by atoms with Gasteiger partial charge in [-0.2, -0.15) is 0 Å². The van der Waals surface area contributed by atoms with Crippen LogP contribution in [0.5, 0.6) is 0 Å². The molecule has 8 heteroatoms. The fourth-order valence-corrected chi connectivity index (χ4v) is 8.02. The number of piperidine rings is 1. The first-order valence-electron chi connectivity index (χ1n) is 17.6. The third-order valence-electron chi connectivity index (χ3n) is 10.8. The van der Waals surface area contributed by atoms with Gasteiger partial charge in [0.1, 0.15) is 24.2 Å². The third kappa shape index (κ3) is 7.36. The summed E-state index contributed by atoms with van der Waals surface area (Å²) in [7, 11) is 3.44. The topological polar surface area (TPSA) is 69.7 Å². The Morgan fingerprint density at radius 1 is 1.08 bits per heavy atom. The Morgan fingerprint density at radius 3 is 2.71 bits per heavy atom. The van der Waals surface area contributed by atoms with Gasteiger partial charge in [0.05, 0.1) is 13.2 Å². The number of likely N-dealkylation sites (tertiary alicyclic amines) is 1. The molecule has 1 aromatic carbocycles. The van der Waals surface area contributed by atoms with Crippen molar-refractivity contribution >= 4 is 18.1 Å². The van der Waals surface area contributed by atoms with E-state index in [0.717, 1.165) is 80.1 Å². The van der Waals surface area contributed by atoms with E-state index in [9.17, 15) is 4.79 Å². The second kappa shape index (κ2) is 15.3. The van der Waals surface area contributed by atoms with E-state index in [2.05, 4.69) is 73.9 Å². The molecule has 5 aliphatic rings. The first-order chi connectivity index (χ1) is 23.3. The van der Waals surface area contributed by atoms with Crippen LogP contribution in [0.4, 0.5) is 0 Å². The lowest BCUT2D eigenvalue weighted by atomic mass is 9.79. The minimum atomic E-state index is -0.337. The van der Waals surface area contributed by atoms with Crippen LogP contribution in [0.2, 0.25) is 0 Å². The van der Waals surface area contributed by atoms with Gasteiger partial charge in [0.25, 0.3) is 0 Å². The Bertz CT molecular complexity index is 1550. The van der Waals surface area contributed by atoms with Crippen molar-refractivity contribution in [3.8, 4) is 0 Å². The minimum Gasteiger partial charge on any atom is -0.498 e. The van der Waals surface area contributed by atoms with E-state index in [1.54, 1.807) is 20.3 Å². The molecule has 258 valence electrons. The van der Waals surface area contributed by atoms with Crippen LogP contribution < -0.4 is 0 Å². The maximum atomic E-state index is 13.2. The summed E-state index contributed by atoms with van der Waals surface area (Å²) in [4.78, 5) is 18.4. The molecule has 5 unspecified atom stereocenters. The predicted molar refractivity (Wildman–Crippen MR) is 189 cm³/mol. The molecule has 0 radical (unpaired) electrons. The molecule has 8 nitrogen and oxygen atoms in total. The lowest BCUT2D eigenvalue weighted by Crippen LogP contribution is -2.57. The van der Waals surface area contributed by atoms with Crippen molar-refractivity contribution in [1.29, 1.82) is 0 Å². The van der Waals surface area contributed by atoms with Crippen LogP contribution in [0.3, 0.4) is 0 Å². The summed E-state index contributed by atoms with van der Waals surface area (Å²) >= 11 is 0. The van der Waals surface area contributed by atoms with Gasteiger partial charge >= 0.3 is 5.97 Å². The fourth-order valence-electron chi connectivity index (χ4n) is 8.02. The number of ether oxygens (including phenoxy) is 5. The van der Waals surface area contributed by atoms with Gasteiger partial charge in [0.15, 0.2) is 5.76 Å². The maximum Gasteiger partial charge on any atom is 0.330 e. The van der Waals surface area contributed by atoms with Crippen molar-refractivity contribution < 1.29 is 28.5 Å². The molecular weight excluding hydrogens is 604 g/mol. The van der Waals surface area contributed by atoms with Gasteiger partial charge in [0, 0.05) is 51.2 Å². The van der Waals surface area contributed by atoms with Crippen LogP contribution in [0, 0.1) is 12.8 Å². The smallest absolute Gasteiger partial charge is 0.330 e. The van der Waals surface area contributed by atoms with Gasteiger partial charge in [0.2, 0.25) is 6.79 Å². The highest BCUT2D eigenvalue weighted by Gasteiger charge is 2.42. The van der Waals surface area contributed by atoms with Crippen LogP contribution in [-0.2, 0) is 28.5 Å². The second-order valence-electron chi connectivity index (χ2n) is 13.7. The Kier molecular flexibility index (Phi) is 10.9. The van der Waals surface area contributed by atoms with Crippen LogP contribution in [-0.4, -0.2) is 87.3 Å². The summed E-state index contributed by atoms with van der Waals surface area (Å²) in [5.41, 5.74) is 7.35. The number of benzene rings is 1. The molecule has 1 aromatic rings. The number of carbonyl (C=O) groups is 1. The average Bonchev–Trinajstić information content (AvgIpc) is 3.55. The number of likely N-dealkylation sites (N-methyl/N-ethyl adjacent to an activating group) is 1. The molecule has 0 saturated carbocycles. The number of methoxy groups -OCH3 is 2. The monoisotopic (exact) mass is 656 g/mol. The number of aryl methyl sites for hydroxylation is 1. The molecule has 1 saturated heterocycles. The third-order valence-corrected chi connectivity index (χ3v) is 10.8. The fraction of sp³-hybridized carbons (Fsp3) is 0.525. The largest absolute Gasteiger partial charge is 0.498 e. The second-order valence-corrected chi connectivity index (χ2v) is 13.7. The van der Waals surface area contributed by atoms with Gasteiger partial charge < -0.3 is 23.7 Å². The molecule has 6 rings (SSSR count). The Morgan fingerprint density at radius 2 is 1.94 bits per heavy atom. The normalized spacial score (nSPS) is 27.7. The summed E-state index contributed by atoms with van der Waals surface area (Å²) < 4.78 is 29.2. The van der Waals surface area contributed by atoms with Gasteiger partial charge in [-0.05, 0) is 97.7 Å². The zero-order chi connectivity index (χ0) is 33.8. The number of fused-ring (bicyclic) bond motifs is 1. The highest BCUT2D eigenvalue weighted by atomic mass is 16.7. The summed E-state index contributed by atoms with van der Waals surface area (Å²) in [6.07, 6.45) is 16.6. The molecule has 3 aliphatic heterocycles. The highest BCUT2D eigenvalue weighted by molar-refractivity contribution is 5.87. The summed E-state index contributed by atoms with van der Waals surface area (Å²) in [5, 5.41) is 0. The standard InChI is InChI=1S/C40H52N2O6/c1-7-9-10-29-16-28(12-11-26(29)3)13-14-40(43)46-24-35-34-21-37(45-6)36(44-5)19-31(34)15-27(4)42(35)23-33-17-30-18-38-39(48-25-47-38)20-32(30)22-41(33)8-2/h9-14,16,20-21,27,30,33,35-36H,7-8,15,17-19,22-25H2,1-6H3. The predicted octanol–water partition coefficient (Wildman–Crippen LogP) is 6.94. The zero-order valence-corrected chi connectivity index (χ0v) is 29.5. The van der Waals surface area contributed by atoms with Gasteiger partial charge in [-0.3, -0.25) is 9.80 Å². The van der Waals surface area contributed by atoms with Crippen molar-refractivity contribution in [2.45, 2.75) is 84.0 Å². The molecule has 0 amide bonds. The first kappa shape index (κ1) is 34.3. The Balaban J connectivity index is 1.21. The van der Waals surface area contributed by atoms with E-state index in [0.29, 0.717) is 18.8 Å². The molecule has 3 heterocycles. The molecule has 48 heavy (non-hydrogen) atoms. The summed E-state index contributed by atoms with van der Waals surface area (Å²) in [6, 6.07) is 6.79. The van der Waals surface area contributed by atoms with E-state index >= 15 is 0 Å². The number of allylic oxidation sites excluding steroid dienone is 3. The number of rotatable bonds is 11. The average molecular weight is 657 g/mol. The van der Waals surface area contributed by atoms with E-state index < -0.39 is 0 Å². The summed E-state index contributed by atoms with van der Waals surface area (Å²) in [6.45, 7) is 12.2. The lowest BCUT2D eigenvalue weighted by Gasteiger charge is -2.49. The van der Waals surface area contributed by atoms with Crippen LogP contribution in [0.1, 0.15) is 69.6 Å². The maximum absolute atomic E-state index is 13.2. The molecule has 1 fully saturated rings. The number of esters is 1. The number of carbonyl (C=O) groups excluding carboxylic acids is 1. The molecule has 0 aromatic heterocycles. The molecule has 0 N–H and O–H groups in total. The van der Waals surface area contributed by atoms with Gasteiger partial charge in [-0.25, -0.2) is 4.79 Å². The molecular formula is C40H52N2O6. The number of nitrogens with zero attached hydrogens (tertiary/aromatic N) is 2. The van der Waals surface area contributed by atoms with E-state index in [4.69, 9.17) is 23.7 Å². The van der Waals surface area contributed by atoms with E-state index in [-0.39, 0.29) is 30.8 Å². The van der Waals surface area contributed by atoms with Crippen molar-refractivity contribution in [3.05, 3.63) is 93.2 Å². The number of hydrogen-bond donors (Lipinski definition) is 0. The van der Waals surface area contributed by atoms with Crippen molar-refractivity contribution in [3.63, 3.8) is 0 Å². The molecule has 5 atom stereocenters. The Hall–Kier alpha value is -3.59. The quantitative estimate of drug-likeness (QED) is 0.188. The molecule has 0 bridgehead atoms. The zero-order valence-electron chi connectivity index (χ0n) is 29.5. The summed E-state index contributed by atoms with van der Waals surface area (Å²) in [5.74, 6) is 2.85. The van der Waals surface area contributed by atoms with Gasteiger partial charge in [-0.15, -0.1) is 0 Å².